The van der Waals surface area contributed by atoms with Crippen molar-refractivity contribution >= 4 is 39.5 Å². The van der Waals surface area contributed by atoms with Crippen molar-refractivity contribution in [1.82, 2.24) is 20.2 Å². The summed E-state index contributed by atoms with van der Waals surface area (Å²) in [6.45, 7) is 3.94. The third-order valence-corrected chi connectivity index (χ3v) is 7.80. The molecule has 3 amide bonds. The maximum atomic E-state index is 13.9. The van der Waals surface area contributed by atoms with Crippen LogP contribution in [-0.2, 0) is 4.79 Å². The van der Waals surface area contributed by atoms with Crippen LogP contribution in [0.4, 0.5) is 4.79 Å². The fraction of sp³-hybridized carbons (Fsp3) is 0.233. The second-order valence-electron chi connectivity index (χ2n) is 9.60. The molecule has 1 aliphatic rings. The van der Waals surface area contributed by atoms with Gasteiger partial charge in [0, 0.05) is 21.6 Å². The predicted molar refractivity (Wildman–Crippen MR) is 156 cm³/mol. The smallest absolute Gasteiger partial charge is 0.325 e. The van der Waals surface area contributed by atoms with Gasteiger partial charge in [-0.15, -0.1) is 0 Å². The van der Waals surface area contributed by atoms with Crippen LogP contribution in [0, 0.1) is 6.92 Å². The van der Waals surface area contributed by atoms with E-state index in [0.29, 0.717) is 27.9 Å². The van der Waals surface area contributed by atoms with Crippen molar-refractivity contribution in [2.45, 2.75) is 31.8 Å². The minimum atomic E-state index is -0.860. The van der Waals surface area contributed by atoms with Gasteiger partial charge < -0.3 is 20.1 Å². The Morgan fingerprint density at radius 2 is 1.82 bits per heavy atom. The van der Waals surface area contributed by atoms with Gasteiger partial charge in [0.15, 0.2) is 0 Å². The van der Waals surface area contributed by atoms with Crippen LogP contribution in [0.1, 0.15) is 47.6 Å². The summed E-state index contributed by atoms with van der Waals surface area (Å²) >= 11 is 9.99. The van der Waals surface area contributed by atoms with E-state index in [2.05, 4.69) is 26.2 Å². The first-order valence-electron chi connectivity index (χ1n) is 12.8. The molecule has 1 aromatic heterocycles. The third kappa shape index (κ3) is 5.50. The number of aromatic amines is 1. The molecule has 1 fully saturated rings. The number of aryl methyl sites for hydroxylation is 1. The van der Waals surface area contributed by atoms with E-state index < -0.39 is 18.1 Å². The zero-order chi connectivity index (χ0) is 28.4. The maximum Gasteiger partial charge on any atom is 0.325 e. The number of aliphatic hydroxyl groups is 1. The normalized spacial score (nSPS) is 16.6. The number of amides is 3. The van der Waals surface area contributed by atoms with Gasteiger partial charge in [0.1, 0.15) is 30.3 Å². The van der Waals surface area contributed by atoms with Gasteiger partial charge in [0.25, 0.3) is 5.91 Å². The lowest BCUT2D eigenvalue weighted by Gasteiger charge is -2.29. The zero-order valence-corrected chi connectivity index (χ0v) is 24.2. The molecule has 4 aromatic rings. The summed E-state index contributed by atoms with van der Waals surface area (Å²) in [5.41, 5.74) is 3.75. The lowest BCUT2D eigenvalue weighted by Crippen LogP contribution is -2.38. The summed E-state index contributed by atoms with van der Waals surface area (Å²) in [5.74, 6) is 0.397. The van der Waals surface area contributed by atoms with Crippen molar-refractivity contribution in [3.8, 4) is 17.0 Å². The third-order valence-electron chi connectivity index (χ3n) is 6.99. The SMILES string of the molecule is Cc1[nH]c([C@H]([C@H](C)c2ccccc2)N2C(=O)N[C@H](c3ccc(OCCO)cc3)C2=O)nc1-c1ccc(Br)cc1Cl. The minimum absolute atomic E-state index is 0.100. The Labute approximate surface area is 245 Å². The van der Waals surface area contributed by atoms with Crippen LogP contribution in [0.3, 0.4) is 0 Å². The largest absolute Gasteiger partial charge is 0.491 e. The van der Waals surface area contributed by atoms with E-state index in [4.69, 9.17) is 26.4 Å². The molecule has 0 saturated carbocycles. The molecule has 0 aliphatic carbocycles. The number of imidazole rings is 1. The Kier molecular flexibility index (Phi) is 8.25. The highest BCUT2D eigenvalue weighted by Gasteiger charge is 2.46. The van der Waals surface area contributed by atoms with E-state index in [1.165, 1.54) is 4.90 Å². The van der Waals surface area contributed by atoms with Crippen molar-refractivity contribution in [2.24, 2.45) is 0 Å². The van der Waals surface area contributed by atoms with Crippen LogP contribution in [-0.4, -0.2) is 45.1 Å². The zero-order valence-electron chi connectivity index (χ0n) is 21.9. The highest BCUT2D eigenvalue weighted by atomic mass is 79.9. The second-order valence-corrected chi connectivity index (χ2v) is 10.9. The monoisotopic (exact) mass is 622 g/mol. The highest BCUT2D eigenvalue weighted by molar-refractivity contribution is 9.10. The summed E-state index contributed by atoms with van der Waals surface area (Å²) in [4.78, 5) is 36.9. The van der Waals surface area contributed by atoms with Crippen LogP contribution in [0.5, 0.6) is 5.75 Å². The average molecular weight is 624 g/mol. The molecular weight excluding hydrogens is 596 g/mol. The van der Waals surface area contributed by atoms with Crippen LogP contribution >= 0.6 is 27.5 Å². The molecule has 2 heterocycles. The predicted octanol–water partition coefficient (Wildman–Crippen LogP) is 6.31. The summed E-state index contributed by atoms with van der Waals surface area (Å²) in [5, 5.41) is 12.4. The van der Waals surface area contributed by atoms with E-state index in [9.17, 15) is 9.59 Å². The Morgan fingerprint density at radius 1 is 1.10 bits per heavy atom. The van der Waals surface area contributed by atoms with Crippen molar-refractivity contribution in [3.05, 3.63) is 105 Å². The van der Waals surface area contributed by atoms with Gasteiger partial charge in [-0.1, -0.05) is 83.0 Å². The maximum absolute atomic E-state index is 13.9. The molecule has 3 aromatic carbocycles. The number of urea groups is 1. The van der Waals surface area contributed by atoms with Crippen molar-refractivity contribution in [1.29, 1.82) is 0 Å². The number of aliphatic hydroxyl groups excluding tert-OH is 1. The Balaban J connectivity index is 1.53. The van der Waals surface area contributed by atoms with E-state index in [0.717, 1.165) is 21.3 Å². The lowest BCUT2D eigenvalue weighted by atomic mass is 9.91. The number of hydrogen-bond donors (Lipinski definition) is 3. The first-order valence-corrected chi connectivity index (χ1v) is 14.0. The van der Waals surface area contributed by atoms with Gasteiger partial charge in [0.2, 0.25) is 0 Å². The van der Waals surface area contributed by atoms with E-state index in [1.54, 1.807) is 30.3 Å². The Hall–Kier alpha value is -3.66. The average Bonchev–Trinajstić information content (AvgIpc) is 3.47. The highest BCUT2D eigenvalue weighted by Crippen LogP contribution is 2.40. The standard InChI is InChI=1S/C30H28BrClN4O4/c1-17(19-6-4-3-5-7-19)27(28-33-18(2)25(34-28)23-13-10-21(31)16-24(23)32)36-29(38)26(35-30(36)39)20-8-11-22(12-9-20)40-15-14-37/h3-13,16-17,26-27,37H,14-15H2,1-2H3,(H,33,34)(H,35,39)/t17-,26-,27+/m1/s1. The lowest BCUT2D eigenvalue weighted by molar-refractivity contribution is -0.129. The molecule has 206 valence electrons. The summed E-state index contributed by atoms with van der Waals surface area (Å²) in [6, 6.07) is 20.1. The molecule has 1 aliphatic heterocycles. The Bertz CT molecular complexity index is 1530. The first kappa shape index (κ1) is 27.9. The van der Waals surface area contributed by atoms with Crippen LogP contribution in [0.2, 0.25) is 5.02 Å². The molecule has 0 radical (unpaired) electrons. The number of rotatable bonds is 9. The quantitative estimate of drug-likeness (QED) is 0.190. The topological polar surface area (TPSA) is 108 Å². The fourth-order valence-corrected chi connectivity index (χ4v) is 5.76. The van der Waals surface area contributed by atoms with Gasteiger partial charge in [0.05, 0.1) is 17.3 Å². The molecule has 40 heavy (non-hydrogen) atoms. The molecule has 0 bridgehead atoms. The number of nitrogens with zero attached hydrogens (tertiary/aromatic N) is 2. The van der Waals surface area contributed by atoms with Crippen LogP contribution in [0.15, 0.2) is 77.3 Å². The van der Waals surface area contributed by atoms with E-state index in [-0.39, 0.29) is 25.0 Å². The molecule has 0 spiro atoms. The first-order chi connectivity index (χ1) is 19.3. The molecular formula is C30H28BrClN4O4. The molecule has 8 nitrogen and oxygen atoms in total. The number of ether oxygens (including phenoxy) is 1. The molecule has 10 heteroatoms. The summed E-state index contributed by atoms with van der Waals surface area (Å²) in [6.07, 6.45) is 0. The van der Waals surface area contributed by atoms with Gasteiger partial charge in [-0.2, -0.15) is 0 Å². The number of halogens is 2. The number of carbonyl (C=O) groups excluding carboxylic acids is 2. The number of benzene rings is 3. The molecule has 3 atom stereocenters. The van der Waals surface area contributed by atoms with Crippen molar-refractivity contribution in [2.75, 3.05) is 13.2 Å². The molecule has 5 rings (SSSR count). The van der Waals surface area contributed by atoms with Gasteiger partial charge in [-0.25, -0.2) is 9.78 Å². The van der Waals surface area contributed by atoms with Crippen LogP contribution in [0.25, 0.3) is 11.3 Å². The number of hydrogen-bond acceptors (Lipinski definition) is 5. The number of H-pyrrole nitrogens is 1. The number of aromatic nitrogens is 2. The molecule has 3 N–H and O–H groups in total. The Morgan fingerprint density at radius 3 is 2.50 bits per heavy atom. The molecule has 1 saturated heterocycles. The van der Waals surface area contributed by atoms with Crippen molar-refractivity contribution in [3.63, 3.8) is 0 Å². The van der Waals surface area contributed by atoms with Gasteiger partial charge in [-0.05, 0) is 42.3 Å². The number of nitrogens with one attached hydrogen (secondary N) is 2. The van der Waals surface area contributed by atoms with Gasteiger partial charge >= 0.3 is 6.03 Å². The van der Waals surface area contributed by atoms with Crippen molar-refractivity contribution < 1.29 is 19.4 Å². The summed E-state index contributed by atoms with van der Waals surface area (Å²) < 4.78 is 6.28. The van der Waals surface area contributed by atoms with Crippen LogP contribution < -0.4 is 10.1 Å². The summed E-state index contributed by atoms with van der Waals surface area (Å²) in [7, 11) is 0. The van der Waals surface area contributed by atoms with E-state index >= 15 is 0 Å². The second kappa shape index (κ2) is 11.8. The number of carbonyl (C=O) groups is 2. The number of imide groups is 1. The van der Waals surface area contributed by atoms with Gasteiger partial charge in [-0.3, -0.25) is 9.69 Å². The van der Waals surface area contributed by atoms with E-state index in [1.807, 2.05) is 56.3 Å². The fourth-order valence-electron chi connectivity index (χ4n) is 4.99. The minimum Gasteiger partial charge on any atom is -0.491 e. The molecule has 0 unspecified atom stereocenters.